The molecule has 1 atom stereocenters. The Morgan fingerprint density at radius 2 is 2.18 bits per heavy atom. The highest BCUT2D eigenvalue weighted by Gasteiger charge is 2.27. The molecule has 3 nitrogen and oxygen atoms in total. The van der Waals surface area contributed by atoms with Crippen LogP contribution in [0.2, 0.25) is 0 Å². The monoisotopic (exact) mass is 232 g/mol. The summed E-state index contributed by atoms with van der Waals surface area (Å²) < 4.78 is 0. The van der Waals surface area contributed by atoms with Crippen molar-refractivity contribution in [3.8, 4) is 0 Å². The lowest BCUT2D eigenvalue weighted by Crippen LogP contribution is -2.37. The summed E-state index contributed by atoms with van der Waals surface area (Å²) in [6.45, 7) is 5.11. The topological polar surface area (TPSA) is 32.3 Å². The van der Waals surface area contributed by atoms with Gasteiger partial charge in [-0.05, 0) is 51.9 Å². The zero-order valence-corrected chi connectivity index (χ0v) is 10.8. The van der Waals surface area contributed by atoms with Crippen molar-refractivity contribution in [2.75, 3.05) is 18.9 Å². The summed E-state index contributed by atoms with van der Waals surface area (Å²) in [5.41, 5.74) is 3.28. The number of aryl methyl sites for hydroxylation is 2. The Hall–Kier alpha value is -1.35. The highest BCUT2D eigenvalue weighted by Crippen LogP contribution is 2.20. The Labute approximate surface area is 103 Å². The zero-order chi connectivity index (χ0) is 12.4. The summed E-state index contributed by atoms with van der Waals surface area (Å²) >= 11 is 0. The fourth-order valence-electron chi connectivity index (χ4n) is 2.41. The molecule has 0 saturated carbocycles. The maximum atomic E-state index is 12.1. The predicted octanol–water partition coefficient (Wildman–Crippen LogP) is 2.34. The van der Waals surface area contributed by atoms with E-state index in [1.807, 2.05) is 26.1 Å². The summed E-state index contributed by atoms with van der Waals surface area (Å²) in [5.74, 6) is 0.122. The second kappa shape index (κ2) is 4.88. The van der Waals surface area contributed by atoms with Gasteiger partial charge < -0.3 is 5.32 Å². The minimum absolute atomic E-state index is 0.0377. The van der Waals surface area contributed by atoms with Crippen LogP contribution in [0.1, 0.15) is 24.0 Å². The molecule has 1 amide bonds. The van der Waals surface area contributed by atoms with Gasteiger partial charge in [0.1, 0.15) is 0 Å². The Morgan fingerprint density at radius 3 is 2.76 bits per heavy atom. The van der Waals surface area contributed by atoms with E-state index >= 15 is 0 Å². The van der Waals surface area contributed by atoms with Gasteiger partial charge in [-0.1, -0.05) is 17.7 Å². The zero-order valence-electron chi connectivity index (χ0n) is 10.8. The molecule has 1 aromatic rings. The average molecular weight is 232 g/mol. The number of likely N-dealkylation sites (N-methyl/N-ethyl adjacent to an activating group) is 1. The van der Waals surface area contributed by atoms with Gasteiger partial charge in [-0.15, -0.1) is 0 Å². The minimum Gasteiger partial charge on any atom is -0.324 e. The van der Waals surface area contributed by atoms with Gasteiger partial charge >= 0.3 is 0 Å². The second-order valence-electron chi connectivity index (χ2n) is 4.95. The molecule has 3 heteroatoms. The number of benzene rings is 1. The standard InChI is InChI=1S/C14H20N2O/c1-10-6-7-12(11(2)9-10)15-14(17)13-5-4-8-16(13)3/h6-7,9,13H,4-5,8H2,1-3H3,(H,15,17). The van der Waals surface area contributed by atoms with Crippen LogP contribution in [-0.4, -0.2) is 30.4 Å². The van der Waals surface area contributed by atoms with Crippen molar-refractivity contribution in [3.05, 3.63) is 29.3 Å². The van der Waals surface area contributed by atoms with Crippen LogP contribution in [0.4, 0.5) is 5.69 Å². The van der Waals surface area contributed by atoms with E-state index in [0.29, 0.717) is 0 Å². The van der Waals surface area contributed by atoms with Gasteiger partial charge in [0.25, 0.3) is 0 Å². The third-order valence-electron chi connectivity index (χ3n) is 3.46. The second-order valence-corrected chi connectivity index (χ2v) is 4.95. The molecule has 0 aromatic heterocycles. The highest BCUT2D eigenvalue weighted by atomic mass is 16.2. The SMILES string of the molecule is Cc1ccc(NC(=O)C2CCCN2C)c(C)c1. The van der Waals surface area contributed by atoms with Crippen LogP contribution < -0.4 is 5.32 Å². The van der Waals surface area contributed by atoms with Gasteiger partial charge in [0, 0.05) is 5.69 Å². The maximum absolute atomic E-state index is 12.1. The number of anilines is 1. The van der Waals surface area contributed by atoms with Crippen LogP contribution in [0.3, 0.4) is 0 Å². The van der Waals surface area contributed by atoms with E-state index in [1.54, 1.807) is 0 Å². The molecule has 1 aliphatic rings. The summed E-state index contributed by atoms with van der Waals surface area (Å²) in [4.78, 5) is 14.2. The van der Waals surface area contributed by atoms with Crippen molar-refractivity contribution in [1.82, 2.24) is 4.90 Å². The molecule has 1 heterocycles. The molecule has 2 rings (SSSR count). The first-order valence-electron chi connectivity index (χ1n) is 6.16. The number of amides is 1. The van der Waals surface area contributed by atoms with Crippen molar-refractivity contribution in [3.63, 3.8) is 0 Å². The van der Waals surface area contributed by atoms with Crippen molar-refractivity contribution in [2.24, 2.45) is 0 Å². The number of carbonyl (C=O) groups is 1. The number of nitrogens with zero attached hydrogens (tertiary/aromatic N) is 1. The van der Waals surface area contributed by atoms with Crippen LogP contribution in [0.15, 0.2) is 18.2 Å². The van der Waals surface area contributed by atoms with E-state index in [0.717, 1.165) is 30.6 Å². The van der Waals surface area contributed by atoms with Gasteiger partial charge in [0.2, 0.25) is 5.91 Å². The molecule has 1 N–H and O–H groups in total. The molecule has 0 bridgehead atoms. The average Bonchev–Trinajstić information content (AvgIpc) is 2.68. The van der Waals surface area contributed by atoms with E-state index in [2.05, 4.69) is 23.2 Å². The van der Waals surface area contributed by atoms with Gasteiger partial charge in [-0.2, -0.15) is 0 Å². The number of nitrogens with one attached hydrogen (secondary N) is 1. The lowest BCUT2D eigenvalue weighted by Gasteiger charge is -2.19. The third kappa shape index (κ3) is 2.67. The molecule has 0 spiro atoms. The van der Waals surface area contributed by atoms with Crippen molar-refractivity contribution in [1.29, 1.82) is 0 Å². The van der Waals surface area contributed by atoms with Crippen LogP contribution in [0.5, 0.6) is 0 Å². The van der Waals surface area contributed by atoms with Crippen LogP contribution in [0, 0.1) is 13.8 Å². The summed E-state index contributed by atoms with van der Waals surface area (Å²) in [5, 5.41) is 3.03. The fourth-order valence-corrected chi connectivity index (χ4v) is 2.41. The van der Waals surface area contributed by atoms with E-state index < -0.39 is 0 Å². The first kappa shape index (κ1) is 12.1. The molecule has 17 heavy (non-hydrogen) atoms. The van der Waals surface area contributed by atoms with Crippen molar-refractivity contribution < 1.29 is 4.79 Å². The number of hydrogen-bond acceptors (Lipinski definition) is 2. The molecule has 1 unspecified atom stereocenters. The lowest BCUT2D eigenvalue weighted by atomic mass is 10.1. The van der Waals surface area contributed by atoms with Crippen LogP contribution in [-0.2, 0) is 4.79 Å². The lowest BCUT2D eigenvalue weighted by molar-refractivity contribution is -0.119. The summed E-state index contributed by atoms with van der Waals surface area (Å²) in [7, 11) is 2.01. The Bertz CT molecular complexity index is 428. The molecule has 1 aromatic carbocycles. The minimum atomic E-state index is 0.0377. The Kier molecular flexibility index (Phi) is 3.48. The molecule has 1 fully saturated rings. The summed E-state index contributed by atoms with van der Waals surface area (Å²) in [6, 6.07) is 6.14. The summed E-state index contributed by atoms with van der Waals surface area (Å²) in [6.07, 6.45) is 2.08. The molecule has 0 radical (unpaired) electrons. The third-order valence-corrected chi connectivity index (χ3v) is 3.46. The molecule has 1 aliphatic heterocycles. The maximum Gasteiger partial charge on any atom is 0.241 e. The molecular weight excluding hydrogens is 212 g/mol. The Morgan fingerprint density at radius 1 is 1.41 bits per heavy atom. The number of likely N-dealkylation sites (tertiary alicyclic amines) is 1. The number of rotatable bonds is 2. The van der Waals surface area contributed by atoms with Gasteiger partial charge in [-0.25, -0.2) is 0 Å². The smallest absolute Gasteiger partial charge is 0.241 e. The van der Waals surface area contributed by atoms with Crippen molar-refractivity contribution >= 4 is 11.6 Å². The van der Waals surface area contributed by atoms with Gasteiger partial charge in [0.15, 0.2) is 0 Å². The first-order chi connectivity index (χ1) is 8.08. The largest absolute Gasteiger partial charge is 0.324 e. The van der Waals surface area contributed by atoms with E-state index in [4.69, 9.17) is 0 Å². The highest BCUT2D eigenvalue weighted by molar-refractivity contribution is 5.95. The predicted molar refractivity (Wildman–Crippen MR) is 70.2 cm³/mol. The van der Waals surface area contributed by atoms with Crippen LogP contribution in [0.25, 0.3) is 0 Å². The van der Waals surface area contributed by atoms with Crippen molar-refractivity contribution in [2.45, 2.75) is 32.7 Å². The Balaban J connectivity index is 2.07. The fraction of sp³-hybridized carbons (Fsp3) is 0.500. The first-order valence-corrected chi connectivity index (χ1v) is 6.16. The molecule has 92 valence electrons. The van der Waals surface area contributed by atoms with E-state index in [-0.39, 0.29) is 11.9 Å². The molecular formula is C14H20N2O. The van der Waals surface area contributed by atoms with E-state index in [9.17, 15) is 4.79 Å². The number of carbonyl (C=O) groups excluding carboxylic acids is 1. The normalized spacial score (nSPS) is 20.5. The van der Waals surface area contributed by atoms with Crippen LogP contribution >= 0.6 is 0 Å². The number of hydrogen-bond donors (Lipinski definition) is 1. The quantitative estimate of drug-likeness (QED) is 0.848. The molecule has 1 saturated heterocycles. The molecule has 0 aliphatic carbocycles. The van der Waals surface area contributed by atoms with Gasteiger partial charge in [-0.3, -0.25) is 9.69 Å². The van der Waals surface area contributed by atoms with Gasteiger partial charge in [0.05, 0.1) is 6.04 Å². The van der Waals surface area contributed by atoms with E-state index in [1.165, 1.54) is 5.56 Å².